The fourth-order valence-corrected chi connectivity index (χ4v) is 1.71. The van der Waals surface area contributed by atoms with Crippen LogP contribution in [0.15, 0.2) is 42.7 Å². The summed E-state index contributed by atoms with van der Waals surface area (Å²) in [5, 5.41) is 16.9. The van der Waals surface area contributed by atoms with E-state index in [1.54, 1.807) is 41.3 Å². The first-order valence-electron chi connectivity index (χ1n) is 5.94. The number of hydrogen-bond donors (Lipinski definition) is 3. The van der Waals surface area contributed by atoms with Crippen LogP contribution in [0.4, 0.5) is 5.69 Å². The van der Waals surface area contributed by atoms with Crippen LogP contribution in [0, 0.1) is 0 Å². The second-order valence-electron chi connectivity index (χ2n) is 4.21. The monoisotopic (exact) mass is 260 g/mol. The molecule has 1 heterocycles. The predicted octanol–water partition coefficient (Wildman–Crippen LogP) is 0.455. The summed E-state index contributed by atoms with van der Waals surface area (Å²) < 4.78 is 1.66. The van der Waals surface area contributed by atoms with Gasteiger partial charge in [0.05, 0.1) is 12.6 Å². The average Bonchev–Trinajstić information content (AvgIpc) is 2.89. The van der Waals surface area contributed by atoms with Crippen LogP contribution in [0.1, 0.15) is 10.4 Å². The van der Waals surface area contributed by atoms with E-state index in [0.29, 0.717) is 18.7 Å². The molecule has 1 unspecified atom stereocenters. The van der Waals surface area contributed by atoms with Gasteiger partial charge in [0, 0.05) is 30.2 Å². The Balaban J connectivity index is 1.88. The number of nitrogens with two attached hydrogens (primary N) is 1. The molecule has 0 fully saturated rings. The number of carbonyl (C=O) groups is 1. The maximum absolute atomic E-state index is 11.0. The highest BCUT2D eigenvalue weighted by molar-refractivity contribution is 5.93. The number of carbonyl (C=O) groups excluding carboxylic acids is 1. The van der Waals surface area contributed by atoms with Crippen LogP contribution in [-0.2, 0) is 6.54 Å². The highest BCUT2D eigenvalue weighted by Crippen LogP contribution is 2.10. The maximum Gasteiger partial charge on any atom is 0.248 e. The van der Waals surface area contributed by atoms with E-state index in [9.17, 15) is 9.90 Å². The van der Waals surface area contributed by atoms with Gasteiger partial charge < -0.3 is 16.2 Å². The fourth-order valence-electron chi connectivity index (χ4n) is 1.71. The third-order valence-electron chi connectivity index (χ3n) is 2.65. The fraction of sp³-hybridized carbons (Fsp3) is 0.231. The third-order valence-corrected chi connectivity index (χ3v) is 2.65. The van der Waals surface area contributed by atoms with Gasteiger partial charge in [0.2, 0.25) is 5.91 Å². The molecule has 0 bridgehead atoms. The second-order valence-corrected chi connectivity index (χ2v) is 4.21. The Kier molecular flexibility index (Phi) is 4.15. The molecule has 0 aliphatic heterocycles. The van der Waals surface area contributed by atoms with Gasteiger partial charge in [0.1, 0.15) is 0 Å². The van der Waals surface area contributed by atoms with Gasteiger partial charge in [-0.25, -0.2) is 0 Å². The summed E-state index contributed by atoms with van der Waals surface area (Å²) in [4.78, 5) is 11.0. The number of amides is 1. The Morgan fingerprint density at radius 2 is 2.32 bits per heavy atom. The SMILES string of the molecule is NC(=O)c1cccc(NCC(O)Cn2cccn2)c1. The van der Waals surface area contributed by atoms with E-state index in [1.807, 2.05) is 6.07 Å². The molecule has 0 aliphatic rings. The molecule has 1 aromatic carbocycles. The van der Waals surface area contributed by atoms with Gasteiger partial charge >= 0.3 is 0 Å². The molecule has 2 aromatic rings. The van der Waals surface area contributed by atoms with Crippen molar-refractivity contribution in [2.75, 3.05) is 11.9 Å². The van der Waals surface area contributed by atoms with E-state index in [1.165, 1.54) is 0 Å². The van der Waals surface area contributed by atoms with E-state index in [2.05, 4.69) is 10.4 Å². The first kappa shape index (κ1) is 13.1. The molecule has 1 aromatic heterocycles. The zero-order valence-electron chi connectivity index (χ0n) is 10.4. The minimum absolute atomic E-state index is 0.363. The number of primary amides is 1. The Morgan fingerprint density at radius 3 is 3.00 bits per heavy atom. The van der Waals surface area contributed by atoms with Gasteiger partial charge in [0.15, 0.2) is 0 Å². The lowest BCUT2D eigenvalue weighted by Gasteiger charge is -2.13. The molecule has 19 heavy (non-hydrogen) atoms. The molecular weight excluding hydrogens is 244 g/mol. The lowest BCUT2D eigenvalue weighted by Crippen LogP contribution is -2.25. The number of rotatable bonds is 6. The zero-order valence-corrected chi connectivity index (χ0v) is 10.4. The number of nitrogens with zero attached hydrogens (tertiary/aromatic N) is 2. The minimum Gasteiger partial charge on any atom is -0.389 e. The van der Waals surface area contributed by atoms with E-state index in [0.717, 1.165) is 5.69 Å². The molecule has 0 aliphatic carbocycles. The molecule has 1 atom stereocenters. The van der Waals surface area contributed by atoms with Crippen molar-refractivity contribution in [1.29, 1.82) is 0 Å². The van der Waals surface area contributed by atoms with Crippen LogP contribution >= 0.6 is 0 Å². The molecule has 4 N–H and O–H groups in total. The van der Waals surface area contributed by atoms with Crippen molar-refractivity contribution in [3.05, 3.63) is 48.3 Å². The first-order valence-corrected chi connectivity index (χ1v) is 5.94. The van der Waals surface area contributed by atoms with E-state index >= 15 is 0 Å². The maximum atomic E-state index is 11.0. The average molecular weight is 260 g/mol. The van der Waals surface area contributed by atoms with Crippen molar-refractivity contribution in [2.45, 2.75) is 12.6 Å². The van der Waals surface area contributed by atoms with Crippen LogP contribution in [0.25, 0.3) is 0 Å². The summed E-state index contributed by atoms with van der Waals surface area (Å²) >= 11 is 0. The van der Waals surface area contributed by atoms with Crippen molar-refractivity contribution in [3.63, 3.8) is 0 Å². The summed E-state index contributed by atoms with van der Waals surface area (Å²) in [5.74, 6) is -0.472. The number of aliphatic hydroxyl groups is 1. The summed E-state index contributed by atoms with van der Waals surface area (Å²) in [6.45, 7) is 0.775. The second kappa shape index (κ2) is 6.01. The molecule has 6 heteroatoms. The number of anilines is 1. The van der Waals surface area contributed by atoms with Crippen LogP contribution in [0.3, 0.4) is 0 Å². The molecule has 0 saturated carbocycles. The summed E-state index contributed by atoms with van der Waals surface area (Å²) in [6, 6.07) is 8.66. The Labute approximate surface area is 110 Å². The number of aliphatic hydroxyl groups excluding tert-OH is 1. The largest absolute Gasteiger partial charge is 0.389 e. The van der Waals surface area contributed by atoms with Crippen LogP contribution in [0.2, 0.25) is 0 Å². The molecule has 6 nitrogen and oxygen atoms in total. The van der Waals surface area contributed by atoms with E-state index in [-0.39, 0.29) is 0 Å². The topological polar surface area (TPSA) is 93.2 Å². The van der Waals surface area contributed by atoms with Gasteiger partial charge in [-0.05, 0) is 24.3 Å². The number of hydrogen-bond acceptors (Lipinski definition) is 4. The number of benzene rings is 1. The van der Waals surface area contributed by atoms with Crippen molar-refractivity contribution < 1.29 is 9.90 Å². The lowest BCUT2D eigenvalue weighted by atomic mass is 10.2. The molecule has 0 radical (unpaired) electrons. The summed E-state index contributed by atoms with van der Waals surface area (Å²) in [7, 11) is 0. The van der Waals surface area contributed by atoms with Crippen LogP contribution in [0.5, 0.6) is 0 Å². The van der Waals surface area contributed by atoms with Gasteiger partial charge in [-0.3, -0.25) is 9.48 Å². The Morgan fingerprint density at radius 1 is 1.47 bits per heavy atom. The van der Waals surface area contributed by atoms with Crippen molar-refractivity contribution in [3.8, 4) is 0 Å². The quantitative estimate of drug-likeness (QED) is 0.703. The molecule has 100 valence electrons. The van der Waals surface area contributed by atoms with Gasteiger partial charge in [-0.15, -0.1) is 0 Å². The minimum atomic E-state index is -0.572. The first-order chi connectivity index (χ1) is 9.15. The highest BCUT2D eigenvalue weighted by Gasteiger charge is 2.06. The molecule has 2 rings (SSSR count). The van der Waals surface area contributed by atoms with Gasteiger partial charge in [-0.1, -0.05) is 6.07 Å². The summed E-state index contributed by atoms with van der Waals surface area (Å²) in [6.07, 6.45) is 2.88. The van der Waals surface area contributed by atoms with Gasteiger partial charge in [0.25, 0.3) is 0 Å². The van der Waals surface area contributed by atoms with Crippen molar-refractivity contribution in [2.24, 2.45) is 5.73 Å². The third kappa shape index (κ3) is 3.82. The summed E-state index contributed by atoms with van der Waals surface area (Å²) in [5.41, 5.74) is 6.38. The molecule has 1 amide bonds. The Bertz CT molecular complexity index is 539. The number of nitrogens with one attached hydrogen (secondary N) is 1. The Hall–Kier alpha value is -2.34. The normalized spacial score (nSPS) is 12.1. The lowest BCUT2D eigenvalue weighted by molar-refractivity contribution is 0.100. The molecule has 0 saturated heterocycles. The van der Waals surface area contributed by atoms with Gasteiger partial charge in [-0.2, -0.15) is 5.10 Å². The number of aromatic nitrogens is 2. The van der Waals surface area contributed by atoms with Crippen molar-refractivity contribution >= 4 is 11.6 Å². The zero-order chi connectivity index (χ0) is 13.7. The van der Waals surface area contributed by atoms with Crippen molar-refractivity contribution in [1.82, 2.24) is 9.78 Å². The molecule has 0 spiro atoms. The molecular formula is C13H16N4O2. The van der Waals surface area contributed by atoms with E-state index < -0.39 is 12.0 Å². The van der Waals surface area contributed by atoms with E-state index in [4.69, 9.17) is 5.73 Å². The van der Waals surface area contributed by atoms with Crippen LogP contribution in [-0.4, -0.2) is 33.4 Å². The van der Waals surface area contributed by atoms with Crippen LogP contribution < -0.4 is 11.1 Å². The predicted molar refractivity (Wildman–Crippen MR) is 71.7 cm³/mol. The highest BCUT2D eigenvalue weighted by atomic mass is 16.3. The standard InChI is InChI=1S/C13H16N4O2/c14-13(19)10-3-1-4-11(7-10)15-8-12(18)9-17-6-2-5-16-17/h1-7,12,15,18H,8-9H2,(H2,14,19). The smallest absolute Gasteiger partial charge is 0.248 e.